The van der Waals surface area contributed by atoms with Gasteiger partial charge in [-0.15, -0.1) is 0 Å². The molecule has 0 radical (unpaired) electrons. The summed E-state index contributed by atoms with van der Waals surface area (Å²) in [6.45, 7) is 5.93. The fourth-order valence-electron chi connectivity index (χ4n) is 3.59. The first kappa shape index (κ1) is 18.5. The zero-order valence-electron chi connectivity index (χ0n) is 16.0. The van der Waals surface area contributed by atoms with Crippen LogP contribution < -0.4 is 10.1 Å². The van der Waals surface area contributed by atoms with Crippen LogP contribution in [0.1, 0.15) is 61.9 Å². The van der Waals surface area contributed by atoms with Crippen molar-refractivity contribution in [2.75, 3.05) is 0 Å². The Labute approximate surface area is 156 Å². The van der Waals surface area contributed by atoms with E-state index in [9.17, 15) is 4.79 Å². The summed E-state index contributed by atoms with van der Waals surface area (Å²) >= 11 is 0. The molecule has 0 saturated heterocycles. The highest BCUT2D eigenvalue weighted by atomic mass is 16.5. The molecule has 3 nitrogen and oxygen atoms in total. The number of ether oxygens (including phenoxy) is 1. The summed E-state index contributed by atoms with van der Waals surface area (Å²) in [5.74, 6) is 0.709. The second kappa shape index (κ2) is 8.39. The van der Waals surface area contributed by atoms with Gasteiger partial charge in [-0.1, -0.05) is 43.3 Å². The molecule has 2 aromatic rings. The Bertz CT molecular complexity index is 769. The van der Waals surface area contributed by atoms with E-state index in [1.165, 1.54) is 36.0 Å². The van der Waals surface area contributed by atoms with E-state index >= 15 is 0 Å². The highest BCUT2D eigenvalue weighted by Gasteiger charge is 2.19. The van der Waals surface area contributed by atoms with Crippen LogP contribution in [0.3, 0.4) is 0 Å². The van der Waals surface area contributed by atoms with Crippen LogP contribution in [0.15, 0.2) is 42.5 Å². The highest BCUT2D eigenvalue weighted by Crippen LogP contribution is 2.25. The lowest BCUT2D eigenvalue weighted by atomic mass is 9.89. The fraction of sp³-hybridized carbons (Fsp3) is 0.435. The molecule has 0 aromatic heterocycles. The fourth-order valence-corrected chi connectivity index (χ4v) is 3.59. The number of fused-ring (bicyclic) bond motifs is 1. The van der Waals surface area contributed by atoms with Crippen molar-refractivity contribution in [2.45, 2.75) is 65.0 Å². The molecule has 1 aliphatic rings. The Morgan fingerprint density at radius 3 is 2.58 bits per heavy atom. The minimum atomic E-state index is -0.525. The maximum absolute atomic E-state index is 12.6. The summed E-state index contributed by atoms with van der Waals surface area (Å²) < 4.78 is 5.91. The molecule has 0 bridgehead atoms. The van der Waals surface area contributed by atoms with Gasteiger partial charge in [-0.3, -0.25) is 4.79 Å². The lowest BCUT2D eigenvalue weighted by Crippen LogP contribution is -2.38. The van der Waals surface area contributed by atoms with Gasteiger partial charge in [-0.2, -0.15) is 0 Å². The van der Waals surface area contributed by atoms with E-state index in [-0.39, 0.29) is 11.9 Å². The molecule has 0 aliphatic heterocycles. The van der Waals surface area contributed by atoms with E-state index in [0.717, 1.165) is 24.2 Å². The van der Waals surface area contributed by atoms with Crippen LogP contribution in [-0.2, 0) is 24.1 Å². The largest absolute Gasteiger partial charge is 0.481 e. The predicted molar refractivity (Wildman–Crippen MR) is 106 cm³/mol. The Morgan fingerprint density at radius 2 is 1.81 bits per heavy atom. The van der Waals surface area contributed by atoms with Crippen LogP contribution in [0, 0.1) is 0 Å². The third-order valence-corrected chi connectivity index (χ3v) is 5.26. The average molecular weight is 351 g/mol. The molecule has 2 aromatic carbocycles. The molecule has 1 N–H and O–H groups in total. The zero-order valence-corrected chi connectivity index (χ0v) is 16.0. The summed E-state index contributed by atoms with van der Waals surface area (Å²) in [6.07, 6.45) is 5.24. The molecular weight excluding hydrogens is 322 g/mol. The van der Waals surface area contributed by atoms with E-state index < -0.39 is 6.10 Å². The van der Waals surface area contributed by atoms with Crippen molar-refractivity contribution in [1.29, 1.82) is 0 Å². The van der Waals surface area contributed by atoms with Crippen molar-refractivity contribution < 1.29 is 9.53 Å². The molecule has 0 fully saturated rings. The first-order valence-electron chi connectivity index (χ1n) is 9.75. The van der Waals surface area contributed by atoms with Crippen molar-refractivity contribution in [3.05, 3.63) is 64.7 Å². The van der Waals surface area contributed by atoms with Crippen molar-refractivity contribution in [3.8, 4) is 5.75 Å². The topological polar surface area (TPSA) is 38.3 Å². The SMILES string of the molecule is CCc1ccccc1O[C@@H](C)C(=O)N[C@H](C)c1ccc2c(c1)CCCC2. The molecular formula is C23H29NO2. The molecule has 0 saturated carbocycles. The van der Waals surface area contributed by atoms with Crippen LogP contribution in [0.25, 0.3) is 0 Å². The van der Waals surface area contributed by atoms with Gasteiger partial charge in [0.1, 0.15) is 5.75 Å². The first-order valence-corrected chi connectivity index (χ1v) is 9.75. The Balaban J connectivity index is 1.63. The minimum absolute atomic E-state index is 0.0257. The molecule has 138 valence electrons. The van der Waals surface area contributed by atoms with Gasteiger partial charge < -0.3 is 10.1 Å². The Hall–Kier alpha value is -2.29. The molecule has 1 aliphatic carbocycles. The molecule has 0 heterocycles. The average Bonchev–Trinajstić information content (AvgIpc) is 2.67. The number of carbonyl (C=O) groups is 1. The van der Waals surface area contributed by atoms with Crippen molar-refractivity contribution >= 4 is 5.91 Å². The summed E-state index contributed by atoms with van der Waals surface area (Å²) in [5.41, 5.74) is 5.19. The van der Waals surface area contributed by atoms with Crippen LogP contribution in [0.2, 0.25) is 0 Å². The van der Waals surface area contributed by atoms with Crippen molar-refractivity contribution in [3.63, 3.8) is 0 Å². The van der Waals surface area contributed by atoms with Crippen LogP contribution >= 0.6 is 0 Å². The number of aryl methyl sites for hydroxylation is 3. The molecule has 26 heavy (non-hydrogen) atoms. The van der Waals surface area contributed by atoms with Crippen molar-refractivity contribution in [1.82, 2.24) is 5.32 Å². The molecule has 2 atom stereocenters. The number of carbonyl (C=O) groups excluding carboxylic acids is 1. The molecule has 0 unspecified atom stereocenters. The van der Waals surface area contributed by atoms with Gasteiger partial charge in [0.25, 0.3) is 5.91 Å². The number of rotatable bonds is 6. The molecule has 1 amide bonds. The summed E-state index contributed by atoms with van der Waals surface area (Å²) in [5, 5.41) is 3.10. The third-order valence-electron chi connectivity index (χ3n) is 5.26. The minimum Gasteiger partial charge on any atom is -0.481 e. The maximum Gasteiger partial charge on any atom is 0.261 e. The standard InChI is InChI=1S/C23H29NO2/c1-4-18-9-7-8-12-22(18)26-17(3)23(25)24-16(2)20-14-13-19-10-5-6-11-21(19)15-20/h7-9,12-17H,4-6,10-11H2,1-3H3,(H,24,25)/t16-,17+/m1/s1. The predicted octanol–water partition coefficient (Wildman–Crippen LogP) is 4.77. The lowest BCUT2D eigenvalue weighted by Gasteiger charge is -2.22. The van der Waals surface area contributed by atoms with Gasteiger partial charge in [0.15, 0.2) is 6.10 Å². The summed E-state index contributed by atoms with van der Waals surface area (Å²) in [4.78, 5) is 12.6. The Kier molecular flexibility index (Phi) is 5.97. The summed E-state index contributed by atoms with van der Waals surface area (Å²) in [6, 6.07) is 14.5. The van der Waals surface area contributed by atoms with E-state index in [4.69, 9.17) is 4.74 Å². The number of para-hydroxylation sites is 1. The monoisotopic (exact) mass is 351 g/mol. The third kappa shape index (κ3) is 4.27. The summed E-state index contributed by atoms with van der Waals surface area (Å²) in [7, 11) is 0. The number of hydrogen-bond donors (Lipinski definition) is 1. The lowest BCUT2D eigenvalue weighted by molar-refractivity contribution is -0.127. The van der Waals surface area contributed by atoms with Crippen LogP contribution in [-0.4, -0.2) is 12.0 Å². The molecule has 0 spiro atoms. The number of nitrogens with one attached hydrogen (secondary N) is 1. The van der Waals surface area contributed by atoms with Gasteiger partial charge in [0, 0.05) is 0 Å². The second-order valence-electron chi connectivity index (χ2n) is 7.19. The maximum atomic E-state index is 12.6. The van der Waals surface area contributed by atoms with E-state index in [2.05, 4.69) is 30.4 Å². The molecule has 3 rings (SSSR count). The van der Waals surface area contributed by atoms with Gasteiger partial charge in [-0.25, -0.2) is 0 Å². The Morgan fingerprint density at radius 1 is 1.08 bits per heavy atom. The normalized spacial score (nSPS) is 15.7. The number of hydrogen-bond acceptors (Lipinski definition) is 2. The smallest absolute Gasteiger partial charge is 0.261 e. The number of benzene rings is 2. The first-order chi connectivity index (χ1) is 12.6. The number of amides is 1. The van der Waals surface area contributed by atoms with Gasteiger partial charge in [0.05, 0.1) is 6.04 Å². The molecule has 3 heteroatoms. The van der Waals surface area contributed by atoms with Crippen LogP contribution in [0.5, 0.6) is 5.75 Å². The van der Waals surface area contributed by atoms with Crippen LogP contribution in [0.4, 0.5) is 0 Å². The highest BCUT2D eigenvalue weighted by molar-refractivity contribution is 5.81. The van der Waals surface area contributed by atoms with Crippen molar-refractivity contribution in [2.24, 2.45) is 0 Å². The quantitative estimate of drug-likeness (QED) is 0.814. The second-order valence-corrected chi connectivity index (χ2v) is 7.19. The van der Waals surface area contributed by atoms with E-state index in [0.29, 0.717) is 0 Å². The van der Waals surface area contributed by atoms with E-state index in [1.807, 2.05) is 31.2 Å². The van der Waals surface area contributed by atoms with E-state index in [1.54, 1.807) is 6.92 Å². The van der Waals surface area contributed by atoms with Gasteiger partial charge >= 0.3 is 0 Å². The van der Waals surface area contributed by atoms with Gasteiger partial charge in [-0.05, 0) is 74.3 Å². The van der Waals surface area contributed by atoms with Gasteiger partial charge in [0.2, 0.25) is 0 Å². The zero-order chi connectivity index (χ0) is 18.5.